The van der Waals surface area contributed by atoms with Crippen molar-refractivity contribution in [2.75, 3.05) is 27.2 Å². The van der Waals surface area contributed by atoms with Crippen molar-refractivity contribution in [3.63, 3.8) is 0 Å². The molecule has 0 bridgehead atoms. The van der Waals surface area contributed by atoms with Crippen molar-refractivity contribution < 1.29 is 8.42 Å². The molecule has 118 valence electrons. The summed E-state index contributed by atoms with van der Waals surface area (Å²) in [6, 6.07) is 5.43. The van der Waals surface area contributed by atoms with Gasteiger partial charge >= 0.3 is 0 Å². The largest absolute Gasteiger partial charge is 0.326 e. The number of likely N-dealkylation sites (N-methyl/N-ethyl adjacent to an activating group) is 1. The van der Waals surface area contributed by atoms with E-state index in [1.165, 1.54) is 0 Å². The van der Waals surface area contributed by atoms with E-state index >= 15 is 0 Å². The Balaban J connectivity index is 2.33. The number of hydrogen-bond acceptors (Lipinski definition) is 4. The van der Waals surface area contributed by atoms with Crippen LogP contribution in [0.2, 0.25) is 0 Å². The third-order valence-corrected chi connectivity index (χ3v) is 6.07. The summed E-state index contributed by atoms with van der Waals surface area (Å²) >= 11 is 0. The maximum atomic E-state index is 12.9. The Labute approximate surface area is 127 Å². The Hall–Kier alpha value is -0.950. The van der Waals surface area contributed by atoms with Crippen LogP contribution in [0.1, 0.15) is 24.0 Å². The minimum absolute atomic E-state index is 0.0681. The minimum Gasteiger partial charge on any atom is -0.326 e. The Bertz CT molecular complexity index is 599. The summed E-state index contributed by atoms with van der Waals surface area (Å²) in [5, 5.41) is 0. The van der Waals surface area contributed by atoms with Crippen LogP contribution < -0.4 is 5.73 Å². The Morgan fingerprint density at radius 2 is 2.10 bits per heavy atom. The Morgan fingerprint density at radius 1 is 1.38 bits per heavy atom. The standard InChI is InChI=1S/C15H25N3O2S/c1-12-9-13(10-16)6-7-15(12)21(19,20)18-8-4-5-14(18)11-17(2)3/h6-7,9,14H,4-5,8,10-11,16H2,1-3H3. The van der Waals surface area contributed by atoms with Crippen LogP contribution in [0.5, 0.6) is 0 Å². The Kier molecular flexibility index (Phi) is 5.03. The van der Waals surface area contributed by atoms with Crippen molar-refractivity contribution in [1.29, 1.82) is 0 Å². The van der Waals surface area contributed by atoms with Crippen LogP contribution in [-0.4, -0.2) is 50.8 Å². The van der Waals surface area contributed by atoms with Crippen molar-refractivity contribution in [2.24, 2.45) is 5.73 Å². The van der Waals surface area contributed by atoms with Gasteiger partial charge in [-0.25, -0.2) is 8.42 Å². The zero-order valence-electron chi connectivity index (χ0n) is 13.0. The summed E-state index contributed by atoms with van der Waals surface area (Å²) in [6.07, 6.45) is 1.86. The number of sulfonamides is 1. The molecule has 5 nitrogen and oxygen atoms in total. The molecule has 0 aromatic heterocycles. The lowest BCUT2D eigenvalue weighted by molar-refractivity contribution is 0.291. The van der Waals surface area contributed by atoms with Gasteiger partial charge in [-0.3, -0.25) is 0 Å². The van der Waals surface area contributed by atoms with Gasteiger partial charge in [0.25, 0.3) is 0 Å². The van der Waals surface area contributed by atoms with Gasteiger partial charge in [0.15, 0.2) is 0 Å². The average molecular weight is 311 g/mol. The van der Waals surface area contributed by atoms with Crippen LogP contribution in [-0.2, 0) is 16.6 Å². The topological polar surface area (TPSA) is 66.6 Å². The van der Waals surface area contributed by atoms with E-state index < -0.39 is 10.0 Å². The summed E-state index contributed by atoms with van der Waals surface area (Å²) < 4.78 is 27.5. The van der Waals surface area contributed by atoms with E-state index in [-0.39, 0.29) is 6.04 Å². The first-order valence-electron chi connectivity index (χ1n) is 7.32. The fraction of sp³-hybridized carbons (Fsp3) is 0.600. The SMILES string of the molecule is Cc1cc(CN)ccc1S(=O)(=O)N1CCCC1CN(C)C. The molecule has 1 heterocycles. The minimum atomic E-state index is -3.42. The van der Waals surface area contributed by atoms with Gasteiger partial charge in [-0.1, -0.05) is 12.1 Å². The van der Waals surface area contributed by atoms with Crippen molar-refractivity contribution in [2.45, 2.75) is 37.2 Å². The highest BCUT2D eigenvalue weighted by atomic mass is 32.2. The second-order valence-corrected chi connectivity index (χ2v) is 7.84. The monoisotopic (exact) mass is 311 g/mol. The first-order chi connectivity index (χ1) is 9.86. The summed E-state index contributed by atoms with van der Waals surface area (Å²) in [5.41, 5.74) is 7.34. The maximum Gasteiger partial charge on any atom is 0.243 e. The molecule has 2 rings (SSSR count). The van der Waals surface area contributed by atoms with E-state index in [4.69, 9.17) is 5.73 Å². The summed E-state index contributed by atoms with van der Waals surface area (Å²) in [7, 11) is 0.530. The lowest BCUT2D eigenvalue weighted by Gasteiger charge is -2.27. The number of aryl methyl sites for hydroxylation is 1. The van der Waals surface area contributed by atoms with Crippen LogP contribution >= 0.6 is 0 Å². The van der Waals surface area contributed by atoms with E-state index in [1.54, 1.807) is 16.4 Å². The molecule has 1 saturated heterocycles. The van der Waals surface area contributed by atoms with E-state index in [1.807, 2.05) is 32.0 Å². The van der Waals surface area contributed by atoms with Gasteiger partial charge in [-0.05, 0) is 51.1 Å². The summed E-state index contributed by atoms with van der Waals surface area (Å²) in [4.78, 5) is 2.45. The molecule has 1 aromatic rings. The normalized spacial score (nSPS) is 20.3. The van der Waals surface area contributed by atoms with Crippen molar-refractivity contribution in [3.8, 4) is 0 Å². The van der Waals surface area contributed by atoms with E-state index in [9.17, 15) is 8.42 Å². The predicted molar refractivity (Wildman–Crippen MR) is 84.5 cm³/mol. The number of rotatable bonds is 5. The van der Waals surface area contributed by atoms with Crippen molar-refractivity contribution >= 4 is 10.0 Å². The fourth-order valence-electron chi connectivity index (χ4n) is 2.98. The quantitative estimate of drug-likeness (QED) is 0.886. The third kappa shape index (κ3) is 3.45. The van der Waals surface area contributed by atoms with Gasteiger partial charge < -0.3 is 10.6 Å². The summed E-state index contributed by atoms with van der Waals surface area (Å²) in [5.74, 6) is 0. The summed E-state index contributed by atoms with van der Waals surface area (Å²) in [6.45, 7) is 3.63. The van der Waals surface area contributed by atoms with Crippen molar-refractivity contribution in [1.82, 2.24) is 9.21 Å². The molecule has 6 heteroatoms. The zero-order valence-corrected chi connectivity index (χ0v) is 13.9. The van der Waals surface area contributed by atoms with E-state index in [0.29, 0.717) is 18.0 Å². The molecular formula is C15H25N3O2S. The van der Waals surface area contributed by atoms with Gasteiger partial charge in [0, 0.05) is 25.7 Å². The fourth-order valence-corrected chi connectivity index (χ4v) is 4.88. The molecule has 1 aliphatic rings. The molecule has 1 aromatic carbocycles. The van der Waals surface area contributed by atoms with Crippen molar-refractivity contribution in [3.05, 3.63) is 29.3 Å². The maximum absolute atomic E-state index is 12.9. The molecule has 0 spiro atoms. The van der Waals surface area contributed by atoms with Crippen LogP contribution in [0.3, 0.4) is 0 Å². The van der Waals surface area contributed by atoms with Gasteiger partial charge in [0.05, 0.1) is 4.90 Å². The zero-order chi connectivity index (χ0) is 15.6. The molecule has 2 N–H and O–H groups in total. The molecule has 0 saturated carbocycles. The highest BCUT2D eigenvalue weighted by molar-refractivity contribution is 7.89. The highest BCUT2D eigenvalue weighted by Crippen LogP contribution is 2.28. The molecule has 1 atom stereocenters. The van der Waals surface area contributed by atoms with Crippen LogP contribution in [0.25, 0.3) is 0 Å². The lowest BCUT2D eigenvalue weighted by Crippen LogP contribution is -2.41. The van der Waals surface area contributed by atoms with Gasteiger partial charge in [-0.2, -0.15) is 4.31 Å². The van der Waals surface area contributed by atoms with Gasteiger partial charge in [0.2, 0.25) is 10.0 Å². The van der Waals surface area contributed by atoms with Crippen LogP contribution in [0.15, 0.2) is 23.1 Å². The first kappa shape index (κ1) is 16.4. The molecule has 1 unspecified atom stereocenters. The first-order valence-corrected chi connectivity index (χ1v) is 8.76. The molecule has 1 aliphatic heterocycles. The Morgan fingerprint density at radius 3 is 2.67 bits per heavy atom. The third-order valence-electron chi connectivity index (χ3n) is 3.96. The molecule has 0 aliphatic carbocycles. The lowest BCUT2D eigenvalue weighted by atomic mass is 10.1. The number of nitrogens with zero attached hydrogens (tertiary/aromatic N) is 2. The van der Waals surface area contributed by atoms with Gasteiger partial charge in [0.1, 0.15) is 0 Å². The molecule has 21 heavy (non-hydrogen) atoms. The number of hydrogen-bond donors (Lipinski definition) is 1. The van der Waals surface area contributed by atoms with Gasteiger partial charge in [-0.15, -0.1) is 0 Å². The second kappa shape index (κ2) is 6.44. The molecule has 1 fully saturated rings. The second-order valence-electron chi connectivity index (χ2n) is 5.98. The van der Waals surface area contributed by atoms with E-state index in [0.717, 1.165) is 30.5 Å². The molecule has 0 amide bonds. The molecular weight excluding hydrogens is 286 g/mol. The van der Waals surface area contributed by atoms with Crippen LogP contribution in [0.4, 0.5) is 0 Å². The number of nitrogens with two attached hydrogens (primary N) is 1. The predicted octanol–water partition coefficient (Wildman–Crippen LogP) is 1.17. The smallest absolute Gasteiger partial charge is 0.243 e. The average Bonchev–Trinajstić information content (AvgIpc) is 2.86. The molecule has 0 radical (unpaired) electrons. The van der Waals surface area contributed by atoms with Crippen LogP contribution in [0, 0.1) is 6.92 Å². The number of benzene rings is 1. The highest BCUT2D eigenvalue weighted by Gasteiger charge is 2.36. The van der Waals surface area contributed by atoms with E-state index in [2.05, 4.69) is 0 Å².